The first-order chi connectivity index (χ1) is 13.7. The lowest BCUT2D eigenvalue weighted by Gasteiger charge is -2.13. The zero-order chi connectivity index (χ0) is 19.4. The van der Waals surface area contributed by atoms with Crippen LogP contribution in [0.4, 0.5) is 11.4 Å². The average molecular weight is 368 g/mol. The summed E-state index contributed by atoms with van der Waals surface area (Å²) in [5.74, 6) is -0.174. The van der Waals surface area contributed by atoms with Crippen molar-refractivity contribution in [2.24, 2.45) is 0 Å². The number of hydrogen-bond donors (Lipinski definition) is 2. The molecule has 28 heavy (non-hydrogen) atoms. The molecule has 1 saturated carbocycles. The first-order valence-corrected chi connectivity index (χ1v) is 9.25. The van der Waals surface area contributed by atoms with E-state index in [9.17, 15) is 10.1 Å². The highest BCUT2D eigenvalue weighted by Gasteiger charge is 2.44. The predicted octanol–water partition coefficient (Wildman–Crippen LogP) is 4.50. The summed E-state index contributed by atoms with van der Waals surface area (Å²) < 4.78 is 0. The maximum Gasteiger partial charge on any atom is 0.257 e. The Hall–Kier alpha value is -3.65. The molecule has 0 saturated heterocycles. The van der Waals surface area contributed by atoms with Gasteiger partial charge in [-0.1, -0.05) is 24.3 Å². The summed E-state index contributed by atoms with van der Waals surface area (Å²) in [7, 11) is 0. The SMILES string of the molecule is N#CC1(c2ccc(NC(=O)c3ccccc3NCc3ccncc3)cc2)CC1. The fraction of sp³-hybridized carbons (Fsp3) is 0.174. The number of rotatable bonds is 6. The van der Waals surface area contributed by atoms with Crippen LogP contribution in [0.3, 0.4) is 0 Å². The second-order valence-corrected chi connectivity index (χ2v) is 6.98. The fourth-order valence-corrected chi connectivity index (χ4v) is 3.19. The van der Waals surface area contributed by atoms with Gasteiger partial charge in [0.1, 0.15) is 0 Å². The highest BCUT2D eigenvalue weighted by atomic mass is 16.1. The van der Waals surface area contributed by atoms with Crippen molar-refractivity contribution in [1.82, 2.24) is 4.98 Å². The van der Waals surface area contributed by atoms with Gasteiger partial charge in [0.25, 0.3) is 5.91 Å². The number of para-hydroxylation sites is 1. The molecule has 5 nitrogen and oxygen atoms in total. The van der Waals surface area contributed by atoms with Crippen molar-refractivity contribution in [3.8, 4) is 6.07 Å². The van der Waals surface area contributed by atoms with Crippen LogP contribution in [0.5, 0.6) is 0 Å². The molecule has 1 fully saturated rings. The second-order valence-electron chi connectivity index (χ2n) is 6.98. The number of carbonyl (C=O) groups excluding carboxylic acids is 1. The predicted molar refractivity (Wildman–Crippen MR) is 109 cm³/mol. The Kier molecular flexibility index (Phi) is 4.77. The number of aromatic nitrogens is 1. The number of nitrogens with zero attached hydrogens (tertiary/aromatic N) is 2. The molecule has 1 aliphatic rings. The molecule has 0 bridgehead atoms. The molecule has 3 aromatic rings. The molecule has 138 valence electrons. The first-order valence-electron chi connectivity index (χ1n) is 9.25. The Bertz CT molecular complexity index is 1020. The van der Waals surface area contributed by atoms with Crippen LogP contribution in [-0.4, -0.2) is 10.9 Å². The summed E-state index contributed by atoms with van der Waals surface area (Å²) in [6, 6.07) is 21.3. The number of amides is 1. The van der Waals surface area contributed by atoms with E-state index in [4.69, 9.17) is 0 Å². The van der Waals surface area contributed by atoms with Gasteiger partial charge in [-0.25, -0.2) is 0 Å². The standard InChI is InChI=1S/C23H20N4O/c24-16-23(11-12-23)18-5-7-19(8-6-18)27-22(28)20-3-1-2-4-21(20)26-15-17-9-13-25-14-10-17/h1-10,13-14,26H,11-12,15H2,(H,27,28). The maximum atomic E-state index is 12.8. The van der Waals surface area contributed by atoms with Gasteiger partial charge < -0.3 is 10.6 Å². The van der Waals surface area contributed by atoms with Crippen LogP contribution in [0.2, 0.25) is 0 Å². The molecule has 1 heterocycles. The molecule has 1 aliphatic carbocycles. The Balaban J connectivity index is 1.45. The van der Waals surface area contributed by atoms with Crippen molar-refractivity contribution in [2.45, 2.75) is 24.8 Å². The molecule has 2 N–H and O–H groups in total. The summed E-state index contributed by atoms with van der Waals surface area (Å²) in [4.78, 5) is 16.8. The fourth-order valence-electron chi connectivity index (χ4n) is 3.19. The van der Waals surface area contributed by atoms with Gasteiger partial charge in [0.15, 0.2) is 0 Å². The number of carbonyl (C=O) groups is 1. The lowest BCUT2D eigenvalue weighted by atomic mass is 9.97. The Morgan fingerprint density at radius 1 is 1.04 bits per heavy atom. The molecule has 0 atom stereocenters. The van der Waals surface area contributed by atoms with Crippen molar-refractivity contribution in [3.63, 3.8) is 0 Å². The Morgan fingerprint density at radius 2 is 1.75 bits per heavy atom. The van der Waals surface area contributed by atoms with E-state index in [1.54, 1.807) is 18.5 Å². The zero-order valence-electron chi connectivity index (χ0n) is 15.4. The maximum absolute atomic E-state index is 12.8. The quantitative estimate of drug-likeness (QED) is 0.671. The lowest BCUT2D eigenvalue weighted by Crippen LogP contribution is -2.15. The molecule has 0 aliphatic heterocycles. The van der Waals surface area contributed by atoms with Crippen LogP contribution in [0.25, 0.3) is 0 Å². The monoisotopic (exact) mass is 368 g/mol. The molecule has 0 unspecified atom stereocenters. The largest absolute Gasteiger partial charge is 0.380 e. The van der Waals surface area contributed by atoms with Gasteiger partial charge in [0.05, 0.1) is 17.0 Å². The van der Waals surface area contributed by atoms with E-state index < -0.39 is 0 Å². The summed E-state index contributed by atoms with van der Waals surface area (Å²) in [6.07, 6.45) is 5.31. The third kappa shape index (κ3) is 3.72. The molecule has 0 radical (unpaired) electrons. The van der Waals surface area contributed by atoms with Gasteiger partial charge in [-0.05, 0) is 60.4 Å². The van der Waals surface area contributed by atoms with E-state index in [0.717, 1.165) is 29.7 Å². The summed E-state index contributed by atoms with van der Waals surface area (Å²) in [6.45, 7) is 0.609. The van der Waals surface area contributed by atoms with E-state index in [1.165, 1.54) is 0 Å². The van der Waals surface area contributed by atoms with Crippen LogP contribution in [0, 0.1) is 11.3 Å². The number of benzene rings is 2. The number of pyridine rings is 1. The smallest absolute Gasteiger partial charge is 0.257 e. The third-order valence-corrected chi connectivity index (χ3v) is 5.06. The normalized spacial score (nSPS) is 14.0. The van der Waals surface area contributed by atoms with E-state index in [-0.39, 0.29) is 11.3 Å². The minimum Gasteiger partial charge on any atom is -0.380 e. The van der Waals surface area contributed by atoms with Crippen LogP contribution >= 0.6 is 0 Å². The molecule has 1 amide bonds. The van der Waals surface area contributed by atoms with Gasteiger partial charge in [-0.3, -0.25) is 9.78 Å². The van der Waals surface area contributed by atoms with Gasteiger partial charge in [0.2, 0.25) is 0 Å². The third-order valence-electron chi connectivity index (χ3n) is 5.06. The minimum absolute atomic E-state index is 0.174. The molecule has 0 spiro atoms. The van der Waals surface area contributed by atoms with Crippen molar-refractivity contribution < 1.29 is 4.79 Å². The van der Waals surface area contributed by atoms with E-state index in [1.807, 2.05) is 54.6 Å². The highest BCUT2D eigenvalue weighted by Crippen LogP contribution is 2.47. The summed E-state index contributed by atoms with van der Waals surface area (Å²) >= 11 is 0. The molecule has 4 rings (SSSR count). The molecule has 1 aromatic heterocycles. The number of anilines is 2. The van der Waals surface area contributed by atoms with Crippen molar-refractivity contribution in [2.75, 3.05) is 10.6 Å². The first kappa shape index (κ1) is 17.7. The second kappa shape index (κ2) is 7.53. The highest BCUT2D eigenvalue weighted by molar-refractivity contribution is 6.08. The van der Waals surface area contributed by atoms with Crippen LogP contribution in [0.15, 0.2) is 73.1 Å². The van der Waals surface area contributed by atoms with Crippen molar-refractivity contribution in [1.29, 1.82) is 5.26 Å². The van der Waals surface area contributed by atoms with Crippen molar-refractivity contribution >= 4 is 17.3 Å². The number of nitrogens with one attached hydrogen (secondary N) is 2. The van der Waals surface area contributed by atoms with Crippen LogP contribution in [0.1, 0.15) is 34.3 Å². The van der Waals surface area contributed by atoms with Gasteiger partial charge in [-0.15, -0.1) is 0 Å². The summed E-state index contributed by atoms with van der Waals surface area (Å²) in [5, 5.41) is 15.6. The van der Waals surface area contributed by atoms with Crippen LogP contribution < -0.4 is 10.6 Å². The zero-order valence-corrected chi connectivity index (χ0v) is 15.4. The average Bonchev–Trinajstić information content (AvgIpc) is 3.55. The Morgan fingerprint density at radius 3 is 2.43 bits per heavy atom. The number of nitriles is 1. The molecular weight excluding hydrogens is 348 g/mol. The summed E-state index contributed by atoms with van der Waals surface area (Å²) in [5.41, 5.74) is 3.86. The van der Waals surface area contributed by atoms with E-state index >= 15 is 0 Å². The van der Waals surface area contributed by atoms with Gasteiger partial charge in [0, 0.05) is 30.3 Å². The Labute approximate surface area is 164 Å². The van der Waals surface area contributed by atoms with E-state index in [2.05, 4.69) is 21.7 Å². The lowest BCUT2D eigenvalue weighted by molar-refractivity contribution is 0.102. The van der Waals surface area contributed by atoms with Gasteiger partial charge in [-0.2, -0.15) is 5.26 Å². The molecule has 2 aromatic carbocycles. The van der Waals surface area contributed by atoms with Crippen molar-refractivity contribution in [3.05, 3.63) is 89.7 Å². The topological polar surface area (TPSA) is 77.8 Å². The van der Waals surface area contributed by atoms with Gasteiger partial charge >= 0.3 is 0 Å². The molecule has 5 heteroatoms. The van der Waals surface area contributed by atoms with E-state index in [0.29, 0.717) is 17.8 Å². The molecular formula is C23H20N4O. The minimum atomic E-state index is -0.313. The number of hydrogen-bond acceptors (Lipinski definition) is 4. The van der Waals surface area contributed by atoms with Crippen LogP contribution in [-0.2, 0) is 12.0 Å².